The summed E-state index contributed by atoms with van der Waals surface area (Å²) in [6.45, 7) is 4.48. The molecular weight excluding hydrogens is 378 g/mol. The van der Waals surface area contributed by atoms with Crippen molar-refractivity contribution < 1.29 is 9.32 Å². The van der Waals surface area contributed by atoms with Crippen molar-refractivity contribution in [2.75, 3.05) is 16.8 Å². The Hall–Kier alpha value is -4.00. The summed E-state index contributed by atoms with van der Waals surface area (Å²) >= 11 is 0. The number of amides is 1. The van der Waals surface area contributed by atoms with Crippen molar-refractivity contribution in [3.05, 3.63) is 84.3 Å². The van der Waals surface area contributed by atoms with Gasteiger partial charge in [-0.3, -0.25) is 4.79 Å². The fourth-order valence-electron chi connectivity index (χ4n) is 3.10. The van der Waals surface area contributed by atoms with E-state index in [9.17, 15) is 4.79 Å². The molecule has 7 nitrogen and oxygen atoms in total. The van der Waals surface area contributed by atoms with Gasteiger partial charge in [-0.25, -0.2) is 9.97 Å². The maximum Gasteiger partial charge on any atom is 0.275 e. The van der Waals surface area contributed by atoms with Gasteiger partial charge in [0.1, 0.15) is 17.3 Å². The molecule has 0 atom stereocenters. The lowest BCUT2D eigenvalue weighted by atomic mass is 10.2. The zero-order chi connectivity index (χ0) is 20.9. The van der Waals surface area contributed by atoms with Crippen LogP contribution in [0.1, 0.15) is 23.2 Å². The summed E-state index contributed by atoms with van der Waals surface area (Å²) in [5.74, 6) is 1.69. The van der Waals surface area contributed by atoms with Gasteiger partial charge >= 0.3 is 0 Å². The number of hydrogen-bond donors (Lipinski definition) is 1. The van der Waals surface area contributed by atoms with Crippen LogP contribution in [0.3, 0.4) is 0 Å². The molecule has 7 heteroatoms. The minimum absolute atomic E-state index is 0.244. The highest BCUT2D eigenvalue weighted by Gasteiger charge is 2.18. The Labute approximate surface area is 174 Å². The minimum atomic E-state index is -0.381. The second-order valence-electron chi connectivity index (χ2n) is 6.66. The van der Waals surface area contributed by atoms with E-state index in [1.807, 2.05) is 72.5 Å². The predicted molar refractivity (Wildman–Crippen MR) is 116 cm³/mol. The monoisotopic (exact) mass is 399 g/mol. The van der Waals surface area contributed by atoms with Crippen LogP contribution in [0, 0.1) is 6.92 Å². The predicted octanol–water partition coefficient (Wildman–Crippen LogP) is 4.85. The highest BCUT2D eigenvalue weighted by Crippen LogP contribution is 2.26. The number of aromatic nitrogens is 3. The van der Waals surface area contributed by atoms with Gasteiger partial charge in [0.15, 0.2) is 11.6 Å². The van der Waals surface area contributed by atoms with Crippen LogP contribution in [-0.4, -0.2) is 27.6 Å². The van der Waals surface area contributed by atoms with Crippen molar-refractivity contribution in [2.24, 2.45) is 0 Å². The van der Waals surface area contributed by atoms with Gasteiger partial charge in [-0.2, -0.15) is 0 Å². The molecular formula is C23H21N5O2. The van der Waals surface area contributed by atoms with Crippen LogP contribution in [-0.2, 0) is 0 Å². The summed E-state index contributed by atoms with van der Waals surface area (Å²) in [4.78, 5) is 24.2. The van der Waals surface area contributed by atoms with Gasteiger partial charge in [-0.05, 0) is 26.0 Å². The number of rotatable bonds is 6. The molecule has 0 spiro atoms. The van der Waals surface area contributed by atoms with Crippen LogP contribution < -0.4 is 10.2 Å². The van der Waals surface area contributed by atoms with E-state index in [2.05, 4.69) is 15.5 Å². The van der Waals surface area contributed by atoms with Gasteiger partial charge < -0.3 is 14.7 Å². The number of carbonyl (C=O) groups excluding carboxylic acids is 1. The zero-order valence-corrected chi connectivity index (χ0v) is 16.7. The van der Waals surface area contributed by atoms with Crippen molar-refractivity contribution in [3.8, 4) is 11.4 Å². The van der Waals surface area contributed by atoms with Crippen molar-refractivity contribution in [2.45, 2.75) is 13.8 Å². The first-order valence-corrected chi connectivity index (χ1v) is 9.66. The molecule has 1 amide bonds. The smallest absolute Gasteiger partial charge is 0.275 e. The Bertz CT molecular complexity index is 1140. The normalized spacial score (nSPS) is 10.6. The number of hydrogen-bond acceptors (Lipinski definition) is 6. The molecule has 4 rings (SSSR count). The number of nitrogens with one attached hydrogen (secondary N) is 1. The van der Waals surface area contributed by atoms with E-state index in [0.29, 0.717) is 29.8 Å². The molecule has 30 heavy (non-hydrogen) atoms. The molecule has 0 saturated carbocycles. The van der Waals surface area contributed by atoms with E-state index in [-0.39, 0.29) is 11.6 Å². The second-order valence-corrected chi connectivity index (χ2v) is 6.66. The van der Waals surface area contributed by atoms with E-state index in [4.69, 9.17) is 9.51 Å². The van der Waals surface area contributed by atoms with E-state index in [0.717, 1.165) is 11.3 Å². The van der Waals surface area contributed by atoms with E-state index < -0.39 is 0 Å². The molecule has 0 aliphatic rings. The van der Waals surface area contributed by atoms with Crippen LogP contribution in [0.15, 0.2) is 77.3 Å². The molecule has 0 radical (unpaired) electrons. The number of nitrogens with zero attached hydrogens (tertiary/aromatic N) is 4. The molecule has 2 aromatic carbocycles. The van der Waals surface area contributed by atoms with Crippen LogP contribution in [0.25, 0.3) is 11.4 Å². The first-order chi connectivity index (χ1) is 14.6. The summed E-state index contributed by atoms with van der Waals surface area (Å²) in [6, 6.07) is 22.8. The van der Waals surface area contributed by atoms with Gasteiger partial charge in [0.2, 0.25) is 0 Å². The van der Waals surface area contributed by atoms with Gasteiger partial charge in [-0.1, -0.05) is 53.7 Å². The van der Waals surface area contributed by atoms with Gasteiger partial charge in [0, 0.05) is 29.9 Å². The fraction of sp³-hybridized carbons (Fsp3) is 0.130. The molecule has 0 aliphatic carbocycles. The molecule has 0 unspecified atom stereocenters. The lowest BCUT2D eigenvalue weighted by Gasteiger charge is -2.23. The van der Waals surface area contributed by atoms with Gasteiger partial charge in [-0.15, -0.1) is 0 Å². The Morgan fingerprint density at radius 2 is 1.70 bits per heavy atom. The fourth-order valence-corrected chi connectivity index (χ4v) is 3.10. The molecule has 4 aromatic rings. The average Bonchev–Trinajstić information content (AvgIpc) is 3.20. The number of carbonyl (C=O) groups is 1. The van der Waals surface area contributed by atoms with Crippen LogP contribution in [0.2, 0.25) is 0 Å². The first kappa shape index (κ1) is 19.3. The summed E-state index contributed by atoms with van der Waals surface area (Å²) in [5, 5.41) is 6.55. The lowest BCUT2D eigenvalue weighted by molar-refractivity contribution is 0.102. The zero-order valence-electron chi connectivity index (χ0n) is 16.7. The van der Waals surface area contributed by atoms with Crippen molar-refractivity contribution in [1.82, 2.24) is 15.1 Å². The molecule has 2 heterocycles. The Balaban J connectivity index is 1.77. The molecule has 2 aromatic heterocycles. The van der Waals surface area contributed by atoms with E-state index in [1.165, 1.54) is 0 Å². The maximum atomic E-state index is 12.9. The highest BCUT2D eigenvalue weighted by molar-refractivity contribution is 6.03. The SMILES string of the molecule is CCN(c1ccccc1)c1cc(C(=O)Nc2cc(C)on2)nc(-c2ccccc2)n1. The number of benzene rings is 2. The van der Waals surface area contributed by atoms with Gasteiger partial charge in [0.05, 0.1) is 0 Å². The van der Waals surface area contributed by atoms with Crippen molar-refractivity contribution >= 4 is 23.2 Å². The molecule has 150 valence electrons. The minimum Gasteiger partial charge on any atom is -0.360 e. The van der Waals surface area contributed by atoms with Gasteiger partial charge in [0.25, 0.3) is 5.91 Å². The Kier molecular flexibility index (Phi) is 5.52. The largest absolute Gasteiger partial charge is 0.360 e. The summed E-state index contributed by atoms with van der Waals surface area (Å²) in [5.41, 5.74) is 2.06. The van der Waals surface area contributed by atoms with Crippen LogP contribution in [0.4, 0.5) is 17.3 Å². The standard InChI is InChI=1S/C23H21N5O2/c1-3-28(18-12-8-5-9-13-18)21-15-19(23(29)25-20-14-16(2)30-27-20)24-22(26-21)17-10-6-4-7-11-17/h4-15H,3H2,1-2H3,(H,25,27,29). The van der Waals surface area contributed by atoms with Crippen molar-refractivity contribution in [1.29, 1.82) is 0 Å². The molecule has 1 N–H and O–H groups in total. The van der Waals surface area contributed by atoms with E-state index in [1.54, 1.807) is 19.1 Å². The Morgan fingerprint density at radius 1 is 1.00 bits per heavy atom. The molecule has 0 bridgehead atoms. The quantitative estimate of drug-likeness (QED) is 0.499. The molecule has 0 fully saturated rings. The number of anilines is 3. The third kappa shape index (κ3) is 4.20. The number of aryl methyl sites for hydroxylation is 1. The second kappa shape index (κ2) is 8.57. The first-order valence-electron chi connectivity index (χ1n) is 9.66. The highest BCUT2D eigenvalue weighted by atomic mass is 16.5. The third-order valence-corrected chi connectivity index (χ3v) is 4.51. The Morgan fingerprint density at radius 3 is 2.33 bits per heavy atom. The topological polar surface area (TPSA) is 84.2 Å². The summed E-state index contributed by atoms with van der Waals surface area (Å²) in [6.07, 6.45) is 0. The number of para-hydroxylation sites is 1. The van der Waals surface area contributed by atoms with Crippen LogP contribution in [0.5, 0.6) is 0 Å². The molecule has 0 saturated heterocycles. The summed E-state index contributed by atoms with van der Waals surface area (Å²) in [7, 11) is 0. The maximum absolute atomic E-state index is 12.9. The van der Waals surface area contributed by atoms with Crippen molar-refractivity contribution in [3.63, 3.8) is 0 Å². The lowest BCUT2D eigenvalue weighted by Crippen LogP contribution is -2.21. The average molecular weight is 399 g/mol. The van der Waals surface area contributed by atoms with E-state index >= 15 is 0 Å². The third-order valence-electron chi connectivity index (χ3n) is 4.51. The van der Waals surface area contributed by atoms with Crippen LogP contribution >= 0.6 is 0 Å². The molecule has 0 aliphatic heterocycles. The summed E-state index contributed by atoms with van der Waals surface area (Å²) < 4.78 is 5.03.